The second-order valence-electron chi connectivity index (χ2n) is 7.47. The predicted octanol–water partition coefficient (Wildman–Crippen LogP) is 3.69. The first-order valence-electron chi connectivity index (χ1n) is 9.87. The molecule has 9 heteroatoms. The summed E-state index contributed by atoms with van der Waals surface area (Å²) in [4.78, 5) is 28.1. The van der Waals surface area contributed by atoms with E-state index in [0.717, 1.165) is 0 Å². The number of aryl methyl sites for hydroxylation is 1. The number of rotatable bonds is 5. The smallest absolute Gasteiger partial charge is 0.254 e. The summed E-state index contributed by atoms with van der Waals surface area (Å²) >= 11 is 0. The van der Waals surface area contributed by atoms with Gasteiger partial charge in [-0.05, 0) is 30.7 Å². The normalized spacial score (nSPS) is 17.7. The molecular formula is C23H22FN3O5. The molecule has 4 rings (SSSR count). The summed E-state index contributed by atoms with van der Waals surface area (Å²) in [5.74, 6) is -0.864. The Morgan fingerprint density at radius 3 is 2.44 bits per heavy atom. The monoisotopic (exact) mass is 439 g/mol. The van der Waals surface area contributed by atoms with Crippen molar-refractivity contribution in [1.29, 1.82) is 0 Å². The van der Waals surface area contributed by atoms with Crippen LogP contribution in [0.5, 0.6) is 11.5 Å². The zero-order chi connectivity index (χ0) is 23.0. The van der Waals surface area contributed by atoms with Gasteiger partial charge in [-0.2, -0.15) is 0 Å². The number of nitrogens with zero attached hydrogens (tertiary/aromatic N) is 2. The summed E-state index contributed by atoms with van der Waals surface area (Å²) < 4.78 is 30.6. The van der Waals surface area contributed by atoms with Crippen molar-refractivity contribution in [3.63, 3.8) is 0 Å². The molecule has 0 unspecified atom stereocenters. The number of anilines is 1. The summed E-state index contributed by atoms with van der Waals surface area (Å²) in [7, 11) is 4.46. The van der Waals surface area contributed by atoms with E-state index >= 15 is 0 Å². The zero-order valence-corrected chi connectivity index (χ0v) is 18.0. The van der Waals surface area contributed by atoms with Gasteiger partial charge in [-0.1, -0.05) is 23.4 Å². The molecule has 1 aromatic heterocycles. The quantitative estimate of drug-likeness (QED) is 0.652. The second-order valence-corrected chi connectivity index (χ2v) is 7.47. The van der Waals surface area contributed by atoms with Crippen molar-refractivity contribution in [1.82, 2.24) is 10.1 Å². The third kappa shape index (κ3) is 3.55. The standard InChI is InChI=1S/C23H22FN3O5/c1-12-9-19(26-32-12)25-22(28)20-14-10-17(30-3)18(31-4)11-15(14)23(29)27(2)21(20)13-7-5-6-8-16(13)24/h5-11,20-21H,1-4H3,(H,25,26,28)/t20-,21+/m0/s1. The molecule has 1 aliphatic heterocycles. The number of ether oxygens (including phenoxy) is 2. The lowest BCUT2D eigenvalue weighted by molar-refractivity contribution is -0.119. The highest BCUT2D eigenvalue weighted by Crippen LogP contribution is 2.46. The summed E-state index contributed by atoms with van der Waals surface area (Å²) in [6, 6.07) is 9.88. The number of carbonyl (C=O) groups excluding carboxylic acids is 2. The maximum Gasteiger partial charge on any atom is 0.254 e. The molecule has 8 nitrogen and oxygen atoms in total. The summed E-state index contributed by atoms with van der Waals surface area (Å²) in [6.45, 7) is 1.70. The Hall–Kier alpha value is -3.88. The van der Waals surface area contributed by atoms with E-state index in [-0.39, 0.29) is 22.9 Å². The molecule has 1 N–H and O–H groups in total. The van der Waals surface area contributed by atoms with Gasteiger partial charge < -0.3 is 24.2 Å². The average Bonchev–Trinajstić information content (AvgIpc) is 3.20. The van der Waals surface area contributed by atoms with Crippen LogP contribution in [0.3, 0.4) is 0 Å². The fourth-order valence-corrected chi connectivity index (χ4v) is 4.06. The van der Waals surface area contributed by atoms with Crippen LogP contribution >= 0.6 is 0 Å². The van der Waals surface area contributed by atoms with Crippen molar-refractivity contribution in [2.24, 2.45) is 0 Å². The number of hydrogen-bond acceptors (Lipinski definition) is 6. The number of halogens is 1. The SMILES string of the molecule is COc1cc2c(cc1OC)[C@H](C(=O)Nc1cc(C)on1)[C@@H](c1ccccc1F)N(C)C2=O. The first-order chi connectivity index (χ1) is 15.3. The third-order valence-electron chi connectivity index (χ3n) is 5.56. The third-order valence-corrected chi connectivity index (χ3v) is 5.56. The lowest BCUT2D eigenvalue weighted by atomic mass is 9.79. The minimum atomic E-state index is -0.957. The molecule has 2 atom stereocenters. The Bertz CT molecular complexity index is 1190. The van der Waals surface area contributed by atoms with E-state index in [9.17, 15) is 14.0 Å². The van der Waals surface area contributed by atoms with Crippen LogP contribution < -0.4 is 14.8 Å². The lowest BCUT2D eigenvalue weighted by Crippen LogP contribution is -2.44. The van der Waals surface area contributed by atoms with E-state index in [1.807, 2.05) is 0 Å². The number of fused-ring (bicyclic) bond motifs is 1. The number of methoxy groups -OCH3 is 2. The van der Waals surface area contributed by atoms with Crippen molar-refractivity contribution in [2.45, 2.75) is 18.9 Å². The number of aromatic nitrogens is 1. The average molecular weight is 439 g/mol. The topological polar surface area (TPSA) is 93.9 Å². The minimum absolute atomic E-state index is 0.222. The van der Waals surface area contributed by atoms with E-state index in [4.69, 9.17) is 14.0 Å². The molecule has 166 valence electrons. The van der Waals surface area contributed by atoms with Crippen molar-refractivity contribution in [3.05, 3.63) is 70.7 Å². The Kier molecular flexibility index (Phi) is 5.56. The first kappa shape index (κ1) is 21.4. The largest absolute Gasteiger partial charge is 0.493 e. The molecule has 0 radical (unpaired) electrons. The number of amides is 2. The van der Waals surface area contributed by atoms with Crippen LogP contribution in [-0.2, 0) is 4.79 Å². The molecule has 0 bridgehead atoms. The van der Waals surface area contributed by atoms with E-state index in [0.29, 0.717) is 22.8 Å². The highest BCUT2D eigenvalue weighted by atomic mass is 19.1. The highest BCUT2D eigenvalue weighted by Gasteiger charge is 2.44. The number of benzene rings is 2. The molecule has 3 aromatic rings. The fourth-order valence-electron chi connectivity index (χ4n) is 4.06. The summed E-state index contributed by atoms with van der Waals surface area (Å²) in [5, 5.41) is 6.53. The maximum absolute atomic E-state index is 14.8. The van der Waals surface area contributed by atoms with Gasteiger partial charge in [-0.15, -0.1) is 0 Å². The fraction of sp³-hybridized carbons (Fsp3) is 0.261. The van der Waals surface area contributed by atoms with Crippen LogP contribution in [0.4, 0.5) is 10.2 Å². The number of nitrogens with one attached hydrogen (secondary N) is 1. The Balaban J connectivity index is 1.91. The van der Waals surface area contributed by atoms with Crippen molar-refractivity contribution >= 4 is 17.6 Å². The van der Waals surface area contributed by atoms with E-state index in [1.165, 1.54) is 31.3 Å². The molecule has 2 heterocycles. The van der Waals surface area contributed by atoms with Gasteiger partial charge in [0, 0.05) is 24.2 Å². The van der Waals surface area contributed by atoms with Crippen molar-refractivity contribution < 1.29 is 28.0 Å². The molecule has 2 aromatic carbocycles. The Morgan fingerprint density at radius 2 is 1.81 bits per heavy atom. The minimum Gasteiger partial charge on any atom is -0.493 e. The van der Waals surface area contributed by atoms with Gasteiger partial charge in [0.1, 0.15) is 11.6 Å². The lowest BCUT2D eigenvalue weighted by Gasteiger charge is -2.40. The van der Waals surface area contributed by atoms with Crippen molar-refractivity contribution in [3.8, 4) is 11.5 Å². The van der Waals surface area contributed by atoms with E-state index < -0.39 is 23.7 Å². The molecule has 0 aliphatic carbocycles. The van der Waals surface area contributed by atoms with Gasteiger partial charge in [0.05, 0.1) is 26.2 Å². The predicted molar refractivity (Wildman–Crippen MR) is 113 cm³/mol. The van der Waals surface area contributed by atoms with Gasteiger partial charge in [-0.25, -0.2) is 4.39 Å². The molecule has 2 amide bonds. The molecule has 0 saturated heterocycles. The van der Waals surface area contributed by atoms with Crippen LogP contribution in [-0.4, -0.2) is 43.1 Å². The van der Waals surface area contributed by atoms with Crippen LogP contribution in [0.2, 0.25) is 0 Å². The van der Waals surface area contributed by atoms with Gasteiger partial charge in [0.15, 0.2) is 17.3 Å². The van der Waals surface area contributed by atoms with Gasteiger partial charge in [0.25, 0.3) is 5.91 Å². The maximum atomic E-state index is 14.8. The van der Waals surface area contributed by atoms with Gasteiger partial charge in [-0.3, -0.25) is 9.59 Å². The molecule has 1 aliphatic rings. The summed E-state index contributed by atoms with van der Waals surface area (Å²) in [5.41, 5.74) is 0.895. The first-order valence-corrected chi connectivity index (χ1v) is 9.87. The number of likely N-dealkylation sites (N-methyl/N-ethyl adjacent to an activating group) is 1. The number of carbonyl (C=O) groups is 2. The summed E-state index contributed by atoms with van der Waals surface area (Å²) in [6.07, 6.45) is 0. The molecule has 0 spiro atoms. The zero-order valence-electron chi connectivity index (χ0n) is 18.0. The van der Waals surface area contributed by atoms with Crippen LogP contribution in [0, 0.1) is 12.7 Å². The van der Waals surface area contributed by atoms with Crippen LogP contribution in [0.25, 0.3) is 0 Å². The second kappa shape index (κ2) is 8.33. The van der Waals surface area contributed by atoms with Gasteiger partial charge >= 0.3 is 0 Å². The van der Waals surface area contributed by atoms with Crippen LogP contribution in [0.15, 0.2) is 47.0 Å². The number of hydrogen-bond donors (Lipinski definition) is 1. The Labute approximate surface area is 183 Å². The molecular weight excluding hydrogens is 417 g/mol. The Morgan fingerprint density at radius 1 is 1.12 bits per heavy atom. The van der Waals surface area contributed by atoms with Crippen molar-refractivity contribution in [2.75, 3.05) is 26.6 Å². The molecule has 32 heavy (non-hydrogen) atoms. The van der Waals surface area contributed by atoms with Gasteiger partial charge in [0.2, 0.25) is 5.91 Å². The molecule has 0 saturated carbocycles. The van der Waals surface area contributed by atoms with E-state index in [2.05, 4.69) is 10.5 Å². The van der Waals surface area contributed by atoms with E-state index in [1.54, 1.807) is 44.3 Å². The molecule has 0 fully saturated rings. The van der Waals surface area contributed by atoms with Crippen LogP contribution in [0.1, 0.15) is 39.2 Å². The highest BCUT2D eigenvalue weighted by molar-refractivity contribution is 6.04.